The Morgan fingerprint density at radius 3 is 2.70 bits per heavy atom. The van der Waals surface area contributed by atoms with Gasteiger partial charge in [-0.15, -0.1) is 0 Å². The second-order valence-electron chi connectivity index (χ2n) is 4.63. The quantitative estimate of drug-likeness (QED) is 0.342. The summed E-state index contributed by atoms with van der Waals surface area (Å²) < 4.78 is 8.32. The SMILES string of the molecule is C=C(C)C(=O)OCCCCCCn1ccc(=S)[nH]c1=S. The maximum absolute atomic E-state index is 11.1. The third-order valence-corrected chi connectivity index (χ3v) is 3.35. The van der Waals surface area contributed by atoms with Crippen LogP contribution in [0.3, 0.4) is 0 Å². The van der Waals surface area contributed by atoms with Crippen LogP contribution in [0.1, 0.15) is 32.6 Å². The Hall–Kier alpha value is -1.27. The van der Waals surface area contributed by atoms with Crippen LogP contribution in [0.25, 0.3) is 0 Å². The van der Waals surface area contributed by atoms with Crippen molar-refractivity contribution in [1.29, 1.82) is 0 Å². The van der Waals surface area contributed by atoms with Crippen LogP contribution in [-0.2, 0) is 16.1 Å². The molecule has 0 unspecified atom stereocenters. The number of nitrogens with zero attached hydrogens (tertiary/aromatic N) is 1. The molecule has 6 heteroatoms. The number of hydrogen-bond acceptors (Lipinski definition) is 4. The molecular weight excluding hydrogens is 292 g/mol. The maximum atomic E-state index is 11.1. The number of carbonyl (C=O) groups excluding carboxylic acids is 1. The number of hydrogen-bond donors (Lipinski definition) is 1. The van der Waals surface area contributed by atoms with Crippen molar-refractivity contribution in [1.82, 2.24) is 9.55 Å². The van der Waals surface area contributed by atoms with E-state index in [4.69, 9.17) is 29.2 Å². The summed E-state index contributed by atoms with van der Waals surface area (Å²) in [6.45, 7) is 6.52. The largest absolute Gasteiger partial charge is 0.462 e. The summed E-state index contributed by atoms with van der Waals surface area (Å²) in [4.78, 5) is 14.1. The zero-order valence-electron chi connectivity index (χ0n) is 11.7. The van der Waals surface area contributed by atoms with Gasteiger partial charge in [-0.3, -0.25) is 0 Å². The first-order chi connectivity index (χ1) is 9.50. The molecule has 0 aliphatic carbocycles. The van der Waals surface area contributed by atoms with Crippen LogP contribution in [0.4, 0.5) is 0 Å². The van der Waals surface area contributed by atoms with Crippen LogP contribution in [0.5, 0.6) is 0 Å². The first-order valence-electron chi connectivity index (χ1n) is 6.63. The number of esters is 1. The van der Waals surface area contributed by atoms with Gasteiger partial charge >= 0.3 is 5.97 Å². The number of aryl methyl sites for hydroxylation is 1. The predicted octanol–water partition coefficient (Wildman–Crippen LogP) is 3.95. The average molecular weight is 312 g/mol. The Labute approximate surface area is 129 Å². The molecule has 0 atom stereocenters. The molecule has 0 aliphatic heterocycles. The highest BCUT2D eigenvalue weighted by molar-refractivity contribution is 7.72. The van der Waals surface area contributed by atoms with Gasteiger partial charge < -0.3 is 14.3 Å². The molecule has 4 nitrogen and oxygen atoms in total. The standard InChI is InChI=1S/C14H20N2O2S2/c1-11(2)13(17)18-10-6-4-3-5-8-16-9-7-12(19)15-14(16)20/h7,9H,1,3-6,8,10H2,2H3,(H,15,19,20). The summed E-state index contributed by atoms with van der Waals surface area (Å²) in [6, 6.07) is 1.84. The molecule has 0 saturated heterocycles. The molecule has 110 valence electrons. The summed E-state index contributed by atoms with van der Waals surface area (Å²) in [6.07, 6.45) is 5.92. The van der Waals surface area contributed by atoms with Crippen molar-refractivity contribution in [3.63, 3.8) is 0 Å². The molecule has 1 aromatic heterocycles. The van der Waals surface area contributed by atoms with E-state index in [1.807, 2.05) is 16.8 Å². The molecule has 1 rings (SSSR count). The maximum Gasteiger partial charge on any atom is 0.333 e. The molecule has 0 amide bonds. The van der Waals surface area contributed by atoms with Gasteiger partial charge in [0, 0.05) is 18.3 Å². The predicted molar refractivity (Wildman–Crippen MR) is 84.7 cm³/mol. The lowest BCUT2D eigenvalue weighted by molar-refractivity contribution is -0.139. The Kier molecular flexibility index (Phi) is 7.40. The number of ether oxygens (including phenoxy) is 1. The monoisotopic (exact) mass is 312 g/mol. The third kappa shape index (κ3) is 6.25. The van der Waals surface area contributed by atoms with E-state index < -0.39 is 0 Å². The molecule has 1 N–H and O–H groups in total. The number of rotatable bonds is 8. The van der Waals surface area contributed by atoms with E-state index in [0.717, 1.165) is 32.2 Å². The highest BCUT2D eigenvalue weighted by Crippen LogP contribution is 2.04. The lowest BCUT2D eigenvalue weighted by Crippen LogP contribution is -2.06. The summed E-state index contributed by atoms with van der Waals surface area (Å²) in [5.74, 6) is -0.309. The van der Waals surface area contributed by atoms with Crippen molar-refractivity contribution in [2.75, 3.05) is 6.61 Å². The fraction of sp³-hybridized carbons (Fsp3) is 0.500. The van der Waals surface area contributed by atoms with Crippen LogP contribution in [0.2, 0.25) is 0 Å². The normalized spacial score (nSPS) is 10.2. The first kappa shape index (κ1) is 16.8. The van der Waals surface area contributed by atoms with Gasteiger partial charge in [0.1, 0.15) is 4.64 Å². The van der Waals surface area contributed by atoms with Gasteiger partial charge in [0.2, 0.25) is 0 Å². The van der Waals surface area contributed by atoms with E-state index in [9.17, 15) is 4.79 Å². The van der Waals surface area contributed by atoms with E-state index in [1.165, 1.54) is 0 Å². The summed E-state index contributed by atoms with van der Waals surface area (Å²) in [7, 11) is 0. The lowest BCUT2D eigenvalue weighted by atomic mass is 10.2. The van der Waals surface area contributed by atoms with E-state index in [1.54, 1.807) is 6.92 Å². The van der Waals surface area contributed by atoms with E-state index in [0.29, 0.717) is 21.6 Å². The second-order valence-corrected chi connectivity index (χ2v) is 5.46. The highest BCUT2D eigenvalue weighted by Gasteiger charge is 2.01. The minimum absolute atomic E-state index is 0.309. The molecule has 0 spiro atoms. The Bertz CT molecular complexity index is 575. The van der Waals surface area contributed by atoms with Gasteiger partial charge in [-0.25, -0.2) is 4.79 Å². The van der Waals surface area contributed by atoms with Gasteiger partial charge in [0.25, 0.3) is 0 Å². The Morgan fingerprint density at radius 1 is 1.35 bits per heavy atom. The number of unbranched alkanes of at least 4 members (excludes halogenated alkanes) is 3. The smallest absolute Gasteiger partial charge is 0.333 e. The minimum Gasteiger partial charge on any atom is -0.462 e. The third-order valence-electron chi connectivity index (χ3n) is 2.77. The van der Waals surface area contributed by atoms with Gasteiger partial charge in [-0.2, -0.15) is 0 Å². The van der Waals surface area contributed by atoms with Gasteiger partial charge in [0.15, 0.2) is 4.77 Å². The molecule has 20 heavy (non-hydrogen) atoms. The van der Waals surface area contributed by atoms with Crippen molar-refractivity contribution < 1.29 is 9.53 Å². The van der Waals surface area contributed by atoms with Crippen LogP contribution in [0, 0.1) is 9.41 Å². The van der Waals surface area contributed by atoms with Crippen LogP contribution in [-0.4, -0.2) is 22.1 Å². The fourth-order valence-electron chi connectivity index (χ4n) is 1.65. The van der Waals surface area contributed by atoms with Crippen molar-refractivity contribution in [3.8, 4) is 0 Å². The molecule has 0 fully saturated rings. The number of aromatic nitrogens is 2. The topological polar surface area (TPSA) is 47.0 Å². The molecule has 0 saturated carbocycles. The number of nitrogens with one attached hydrogen (secondary N) is 1. The van der Waals surface area contributed by atoms with Crippen molar-refractivity contribution in [2.24, 2.45) is 0 Å². The molecule has 0 radical (unpaired) electrons. The zero-order chi connectivity index (χ0) is 15.0. The van der Waals surface area contributed by atoms with Gasteiger partial charge in [-0.05, 0) is 44.5 Å². The number of H-pyrrole nitrogens is 1. The summed E-state index contributed by atoms with van der Waals surface area (Å²) in [5.41, 5.74) is 0.445. The zero-order valence-corrected chi connectivity index (χ0v) is 13.3. The molecule has 1 aromatic rings. The molecule has 0 aromatic carbocycles. The number of aromatic amines is 1. The van der Waals surface area contributed by atoms with E-state index >= 15 is 0 Å². The summed E-state index contributed by atoms with van der Waals surface area (Å²) >= 11 is 10.2. The molecule has 1 heterocycles. The van der Waals surface area contributed by atoms with Gasteiger partial charge in [0.05, 0.1) is 6.61 Å². The Morgan fingerprint density at radius 2 is 2.05 bits per heavy atom. The van der Waals surface area contributed by atoms with Crippen LogP contribution < -0.4 is 0 Å². The van der Waals surface area contributed by atoms with E-state index in [2.05, 4.69) is 11.6 Å². The second kappa shape index (κ2) is 8.81. The minimum atomic E-state index is -0.309. The van der Waals surface area contributed by atoms with Crippen LogP contribution >= 0.6 is 24.4 Å². The first-order valence-corrected chi connectivity index (χ1v) is 7.45. The molecular formula is C14H20N2O2S2. The highest BCUT2D eigenvalue weighted by atomic mass is 32.1. The summed E-state index contributed by atoms with van der Waals surface area (Å²) in [5, 5.41) is 0. The van der Waals surface area contributed by atoms with Crippen molar-refractivity contribution in [3.05, 3.63) is 33.8 Å². The molecule has 0 bridgehead atoms. The van der Waals surface area contributed by atoms with E-state index in [-0.39, 0.29) is 5.97 Å². The Balaban J connectivity index is 2.13. The van der Waals surface area contributed by atoms with Crippen LogP contribution in [0.15, 0.2) is 24.4 Å². The molecule has 0 aliphatic rings. The lowest BCUT2D eigenvalue weighted by Gasteiger charge is -2.07. The van der Waals surface area contributed by atoms with Crippen molar-refractivity contribution in [2.45, 2.75) is 39.2 Å². The van der Waals surface area contributed by atoms with Crippen molar-refractivity contribution >= 4 is 30.4 Å². The fourth-order valence-corrected chi connectivity index (χ4v) is 2.13. The van der Waals surface area contributed by atoms with Gasteiger partial charge in [-0.1, -0.05) is 25.2 Å². The average Bonchev–Trinajstić information content (AvgIpc) is 2.39. The number of carbonyl (C=O) groups is 1.